The van der Waals surface area contributed by atoms with E-state index in [0.29, 0.717) is 0 Å². The number of halogens is 3. The third-order valence-corrected chi connectivity index (χ3v) is 4.27. The molecule has 32 heavy (non-hydrogen) atoms. The minimum absolute atomic E-state index is 0.0424. The molecule has 0 aliphatic carbocycles. The Balaban J connectivity index is 2.31. The molecule has 0 N–H and O–H groups in total. The van der Waals surface area contributed by atoms with Gasteiger partial charge in [-0.25, -0.2) is 9.48 Å². The van der Waals surface area contributed by atoms with E-state index in [4.69, 9.17) is 4.84 Å². The van der Waals surface area contributed by atoms with Crippen molar-refractivity contribution in [2.75, 3.05) is 19.3 Å². The second-order valence-electron chi connectivity index (χ2n) is 6.29. The van der Waals surface area contributed by atoms with Crippen LogP contribution in [0.5, 0.6) is 5.75 Å². The predicted molar refractivity (Wildman–Crippen MR) is 106 cm³/mol. The first-order valence-electron chi connectivity index (χ1n) is 8.92. The van der Waals surface area contributed by atoms with Gasteiger partial charge < -0.3 is 9.47 Å². The van der Waals surface area contributed by atoms with E-state index in [-0.39, 0.29) is 22.3 Å². The van der Waals surface area contributed by atoms with Gasteiger partial charge in [-0.1, -0.05) is 6.07 Å². The molecule has 0 aliphatic heterocycles. The molecule has 0 saturated heterocycles. The lowest BCUT2D eigenvalue weighted by Gasteiger charge is -2.20. The Morgan fingerprint density at radius 1 is 1.06 bits per heavy atom. The first-order chi connectivity index (χ1) is 15.1. The summed E-state index contributed by atoms with van der Waals surface area (Å²) in [6, 6.07) is 9.04. The molecular formula is C20H16F3N3O6. The number of anilines is 1. The smallest absolute Gasteiger partial charge is 0.464 e. The first kappa shape index (κ1) is 22.7. The summed E-state index contributed by atoms with van der Waals surface area (Å²) in [5, 5.41) is 4.81. The number of carbonyl (C=O) groups excluding carboxylic acids is 2. The van der Waals surface area contributed by atoms with E-state index in [0.717, 1.165) is 29.0 Å². The number of methoxy groups -OCH3 is 1. The Labute approximate surface area is 178 Å². The molecule has 168 valence electrons. The Hall–Kier alpha value is -3.93. The zero-order valence-electron chi connectivity index (χ0n) is 17.0. The molecule has 1 aromatic heterocycles. The van der Waals surface area contributed by atoms with Gasteiger partial charge in [0.25, 0.3) is 0 Å². The van der Waals surface area contributed by atoms with Crippen LogP contribution < -0.4 is 15.2 Å². The van der Waals surface area contributed by atoms with Gasteiger partial charge in [0.05, 0.1) is 36.5 Å². The van der Waals surface area contributed by atoms with E-state index in [1.165, 1.54) is 44.4 Å². The fraction of sp³-hybridized carbons (Fsp3) is 0.200. The molecule has 12 heteroatoms. The van der Waals surface area contributed by atoms with Crippen molar-refractivity contribution in [1.82, 2.24) is 9.78 Å². The van der Waals surface area contributed by atoms with Crippen LogP contribution in [0, 0.1) is 0 Å². The van der Waals surface area contributed by atoms with Gasteiger partial charge in [-0.15, -0.1) is 13.2 Å². The molecule has 3 rings (SSSR count). The maximum Gasteiger partial charge on any atom is 0.573 e. The molecule has 1 amide bonds. The van der Waals surface area contributed by atoms with Crippen LogP contribution >= 0.6 is 0 Å². The van der Waals surface area contributed by atoms with Gasteiger partial charge in [0.2, 0.25) is 17.0 Å². The number of rotatable bonds is 5. The number of hydrogen-bond donors (Lipinski definition) is 0. The number of fused-ring (bicyclic) bond motifs is 1. The van der Waals surface area contributed by atoms with Crippen molar-refractivity contribution in [2.24, 2.45) is 0 Å². The summed E-state index contributed by atoms with van der Waals surface area (Å²) in [5.41, 5.74) is -1.01. The molecule has 1 heterocycles. The van der Waals surface area contributed by atoms with Crippen molar-refractivity contribution >= 4 is 28.5 Å². The van der Waals surface area contributed by atoms with Crippen molar-refractivity contribution in [3.63, 3.8) is 0 Å². The number of alkyl halides is 3. The van der Waals surface area contributed by atoms with Crippen LogP contribution in [-0.4, -0.2) is 42.2 Å². The van der Waals surface area contributed by atoms with Gasteiger partial charge in [-0.3, -0.25) is 14.4 Å². The average Bonchev–Trinajstić information content (AvgIpc) is 2.73. The van der Waals surface area contributed by atoms with E-state index < -0.39 is 35.1 Å². The summed E-state index contributed by atoms with van der Waals surface area (Å²) in [6.07, 6.45) is -4.87. The highest BCUT2D eigenvalue weighted by Crippen LogP contribution is 2.28. The molecule has 9 nitrogen and oxygen atoms in total. The number of ether oxygens (including phenoxy) is 2. The van der Waals surface area contributed by atoms with Gasteiger partial charge in [0.15, 0.2) is 0 Å². The molecule has 0 unspecified atom stereocenters. The summed E-state index contributed by atoms with van der Waals surface area (Å²) in [5.74, 6) is -2.05. The van der Waals surface area contributed by atoms with E-state index in [1.807, 2.05) is 0 Å². The molecule has 0 atom stereocenters. The molecule has 0 saturated carbocycles. The Bertz CT molecular complexity index is 1240. The molecule has 2 aromatic carbocycles. The van der Waals surface area contributed by atoms with Gasteiger partial charge in [0.1, 0.15) is 5.75 Å². The van der Waals surface area contributed by atoms with Gasteiger partial charge in [-0.05, 0) is 36.4 Å². The summed E-state index contributed by atoms with van der Waals surface area (Å²) in [7, 11) is 2.28. The maximum atomic E-state index is 13.1. The normalized spacial score (nSPS) is 11.3. The topological polar surface area (TPSA) is 100.0 Å². The zero-order valence-corrected chi connectivity index (χ0v) is 17.0. The third-order valence-electron chi connectivity index (χ3n) is 4.27. The quantitative estimate of drug-likeness (QED) is 0.434. The van der Waals surface area contributed by atoms with Crippen LogP contribution in [0.15, 0.2) is 47.3 Å². The van der Waals surface area contributed by atoms with Crippen molar-refractivity contribution in [3.8, 4) is 11.4 Å². The lowest BCUT2D eigenvalue weighted by atomic mass is 10.1. The lowest BCUT2D eigenvalue weighted by molar-refractivity contribution is -0.274. The summed E-state index contributed by atoms with van der Waals surface area (Å²) < 4.78 is 47.0. The van der Waals surface area contributed by atoms with Gasteiger partial charge in [0, 0.05) is 6.92 Å². The number of aromatic nitrogens is 2. The molecule has 0 aliphatic rings. The minimum Gasteiger partial charge on any atom is -0.464 e. The van der Waals surface area contributed by atoms with E-state index >= 15 is 0 Å². The maximum absolute atomic E-state index is 13.1. The van der Waals surface area contributed by atoms with Crippen LogP contribution in [0.4, 0.5) is 18.9 Å². The van der Waals surface area contributed by atoms with Crippen molar-refractivity contribution < 1.29 is 37.1 Å². The molecule has 3 aromatic rings. The third kappa shape index (κ3) is 4.39. The summed E-state index contributed by atoms with van der Waals surface area (Å²) in [4.78, 5) is 42.3. The highest BCUT2D eigenvalue weighted by Gasteiger charge is 2.31. The van der Waals surface area contributed by atoms with E-state index in [2.05, 4.69) is 14.6 Å². The highest BCUT2D eigenvalue weighted by molar-refractivity contribution is 6.02. The highest BCUT2D eigenvalue weighted by atomic mass is 19.4. The number of amides is 1. The van der Waals surface area contributed by atoms with Crippen LogP contribution in [0.3, 0.4) is 0 Å². The standard InChI is InChI=1S/C20H16F3N3O6/c1-11(27)26(31-3)15-6-4-5-14-16(15)18(28)17(19(29)30-2)24-25(14)12-7-9-13(10-8-12)32-20(21,22)23/h4-10H,1-3H3. The van der Waals surface area contributed by atoms with Crippen molar-refractivity contribution in [2.45, 2.75) is 13.3 Å². The number of hydrogen-bond acceptors (Lipinski definition) is 7. The predicted octanol–water partition coefficient (Wildman–Crippen LogP) is 2.99. The number of benzene rings is 2. The Kier molecular flexibility index (Phi) is 6.16. The van der Waals surface area contributed by atoms with E-state index in [1.54, 1.807) is 0 Å². The van der Waals surface area contributed by atoms with E-state index in [9.17, 15) is 27.6 Å². The summed E-state index contributed by atoms with van der Waals surface area (Å²) in [6.45, 7) is 1.21. The molecule has 0 bridgehead atoms. The Morgan fingerprint density at radius 3 is 2.25 bits per heavy atom. The number of hydroxylamine groups is 1. The van der Waals surface area contributed by atoms with Crippen LogP contribution in [0.25, 0.3) is 16.6 Å². The van der Waals surface area contributed by atoms with Crippen LogP contribution in [0.1, 0.15) is 17.4 Å². The minimum atomic E-state index is -4.87. The SMILES string of the molecule is COC(=O)c1nn(-c2ccc(OC(F)(F)F)cc2)c2cccc(N(OC)C(C)=O)c2c1=O. The fourth-order valence-corrected chi connectivity index (χ4v) is 3.04. The zero-order chi connectivity index (χ0) is 23.6. The van der Waals surface area contributed by atoms with Gasteiger partial charge in [-0.2, -0.15) is 10.2 Å². The monoisotopic (exact) mass is 451 g/mol. The van der Waals surface area contributed by atoms with Crippen LogP contribution in [-0.2, 0) is 14.4 Å². The lowest BCUT2D eigenvalue weighted by Crippen LogP contribution is -2.30. The van der Waals surface area contributed by atoms with Gasteiger partial charge >= 0.3 is 12.3 Å². The fourth-order valence-electron chi connectivity index (χ4n) is 3.04. The number of esters is 1. The molecule has 0 radical (unpaired) electrons. The second-order valence-corrected chi connectivity index (χ2v) is 6.29. The Morgan fingerprint density at radius 2 is 1.72 bits per heavy atom. The summed E-state index contributed by atoms with van der Waals surface area (Å²) >= 11 is 0. The molecular weight excluding hydrogens is 435 g/mol. The average molecular weight is 451 g/mol. The van der Waals surface area contributed by atoms with Crippen molar-refractivity contribution in [1.29, 1.82) is 0 Å². The number of carbonyl (C=O) groups is 2. The molecule has 0 fully saturated rings. The molecule has 0 spiro atoms. The largest absolute Gasteiger partial charge is 0.573 e. The van der Waals surface area contributed by atoms with Crippen molar-refractivity contribution in [3.05, 3.63) is 58.4 Å². The first-order valence-corrected chi connectivity index (χ1v) is 8.92. The number of nitrogens with zero attached hydrogens (tertiary/aromatic N) is 3. The second kappa shape index (κ2) is 8.67. The van der Waals surface area contributed by atoms with Crippen LogP contribution in [0.2, 0.25) is 0 Å².